The van der Waals surface area contributed by atoms with E-state index in [9.17, 15) is 4.79 Å². The first kappa shape index (κ1) is 14.1. The smallest absolute Gasteiger partial charge is 0.256 e. The van der Waals surface area contributed by atoms with Crippen molar-refractivity contribution in [3.63, 3.8) is 0 Å². The molecule has 2 N–H and O–H groups in total. The number of nitrogens with one attached hydrogen (secondary N) is 2. The first-order chi connectivity index (χ1) is 11.7. The van der Waals surface area contributed by atoms with Gasteiger partial charge in [0.15, 0.2) is 0 Å². The molecule has 0 unspecified atom stereocenters. The molecular weight excluding hydrogens is 304 g/mol. The molecule has 0 aliphatic carbocycles. The number of aryl methyl sites for hydroxylation is 1. The van der Waals surface area contributed by atoms with Crippen molar-refractivity contribution in [3.05, 3.63) is 60.3 Å². The lowest BCUT2D eigenvalue weighted by Crippen LogP contribution is -2.12. The Morgan fingerprint density at radius 1 is 1.17 bits per heavy atom. The third kappa shape index (κ3) is 2.52. The molecule has 0 saturated carbocycles. The molecule has 7 nitrogen and oxygen atoms in total. The Bertz CT molecular complexity index is 1030. The molecular formula is C17H14N6O. The van der Waals surface area contributed by atoms with Crippen molar-refractivity contribution >= 4 is 22.5 Å². The fraction of sp³-hybridized carbons (Fsp3) is 0.0588. The van der Waals surface area contributed by atoms with Crippen LogP contribution in [-0.2, 0) is 7.05 Å². The highest BCUT2D eigenvalue weighted by atomic mass is 16.1. The van der Waals surface area contributed by atoms with E-state index < -0.39 is 0 Å². The lowest BCUT2D eigenvalue weighted by molar-refractivity contribution is 0.102. The molecule has 0 atom stereocenters. The minimum Gasteiger partial charge on any atom is -0.361 e. The summed E-state index contributed by atoms with van der Waals surface area (Å²) in [5, 5.41) is 15.8. The fourth-order valence-corrected chi connectivity index (χ4v) is 2.62. The highest BCUT2D eigenvalue weighted by Crippen LogP contribution is 2.21. The number of hydrogen-bond acceptors (Lipinski definition) is 4. The van der Waals surface area contributed by atoms with Crippen LogP contribution in [0.5, 0.6) is 0 Å². The Balaban J connectivity index is 1.63. The van der Waals surface area contributed by atoms with Crippen molar-refractivity contribution in [1.82, 2.24) is 25.2 Å². The number of nitrogens with zero attached hydrogens (tertiary/aromatic N) is 4. The van der Waals surface area contributed by atoms with Gasteiger partial charge in [-0.15, -0.1) is 10.2 Å². The Morgan fingerprint density at radius 2 is 2.04 bits per heavy atom. The lowest BCUT2D eigenvalue weighted by atomic mass is 10.1. The number of carbonyl (C=O) groups excluding carboxylic acids is 1. The van der Waals surface area contributed by atoms with Gasteiger partial charge in [-0.1, -0.05) is 18.2 Å². The minimum absolute atomic E-state index is 0.163. The number of aromatic nitrogens is 5. The summed E-state index contributed by atoms with van der Waals surface area (Å²) in [5.41, 5.74) is 3.02. The van der Waals surface area contributed by atoms with Gasteiger partial charge in [-0.05, 0) is 35.5 Å². The van der Waals surface area contributed by atoms with Crippen LogP contribution in [0.1, 0.15) is 10.4 Å². The minimum atomic E-state index is -0.163. The molecule has 0 spiro atoms. The normalized spacial score (nSPS) is 10.9. The van der Waals surface area contributed by atoms with Crippen molar-refractivity contribution in [3.8, 4) is 11.4 Å². The zero-order valence-corrected chi connectivity index (χ0v) is 12.9. The maximum Gasteiger partial charge on any atom is 0.256 e. The monoisotopic (exact) mass is 318 g/mol. The van der Waals surface area contributed by atoms with E-state index in [4.69, 9.17) is 0 Å². The molecule has 0 aliphatic heterocycles. The molecule has 0 fully saturated rings. The molecule has 0 aliphatic rings. The van der Waals surface area contributed by atoms with Gasteiger partial charge in [0.2, 0.25) is 5.82 Å². The van der Waals surface area contributed by atoms with Crippen LogP contribution in [0.2, 0.25) is 0 Å². The second-order valence-electron chi connectivity index (χ2n) is 5.38. The summed E-state index contributed by atoms with van der Waals surface area (Å²) >= 11 is 0. The number of benzene rings is 2. The molecule has 7 heteroatoms. The number of anilines is 1. The first-order valence-electron chi connectivity index (χ1n) is 7.42. The van der Waals surface area contributed by atoms with Gasteiger partial charge in [0.05, 0.1) is 7.05 Å². The van der Waals surface area contributed by atoms with Gasteiger partial charge >= 0.3 is 0 Å². The van der Waals surface area contributed by atoms with Crippen LogP contribution in [0.4, 0.5) is 5.69 Å². The van der Waals surface area contributed by atoms with Gasteiger partial charge in [-0.2, -0.15) is 4.80 Å². The van der Waals surface area contributed by atoms with Gasteiger partial charge in [0.1, 0.15) is 0 Å². The number of fused-ring (bicyclic) bond motifs is 1. The quantitative estimate of drug-likeness (QED) is 0.608. The van der Waals surface area contributed by atoms with Crippen LogP contribution >= 0.6 is 0 Å². The van der Waals surface area contributed by atoms with E-state index in [0.717, 1.165) is 16.5 Å². The molecule has 2 aromatic carbocycles. The summed E-state index contributed by atoms with van der Waals surface area (Å²) in [4.78, 5) is 17.1. The van der Waals surface area contributed by atoms with Crippen LogP contribution < -0.4 is 5.32 Å². The van der Waals surface area contributed by atoms with E-state index in [2.05, 4.69) is 25.7 Å². The first-order valence-corrected chi connectivity index (χ1v) is 7.42. The van der Waals surface area contributed by atoms with Crippen molar-refractivity contribution in [2.24, 2.45) is 7.05 Å². The number of rotatable bonds is 3. The summed E-state index contributed by atoms with van der Waals surface area (Å²) in [5.74, 6) is 0.353. The average molecular weight is 318 g/mol. The molecule has 4 aromatic rings. The molecule has 2 aromatic heterocycles. The van der Waals surface area contributed by atoms with Gasteiger partial charge in [-0.3, -0.25) is 4.79 Å². The van der Waals surface area contributed by atoms with E-state index in [1.54, 1.807) is 13.1 Å². The lowest BCUT2D eigenvalue weighted by Gasteiger charge is -2.07. The van der Waals surface area contributed by atoms with E-state index >= 15 is 0 Å². The van der Waals surface area contributed by atoms with Gasteiger partial charge in [0, 0.05) is 33.9 Å². The Labute approximate surface area is 137 Å². The molecule has 24 heavy (non-hydrogen) atoms. The predicted octanol–water partition coefficient (Wildman–Crippen LogP) is 2.61. The third-order valence-corrected chi connectivity index (χ3v) is 3.73. The van der Waals surface area contributed by atoms with Gasteiger partial charge in [0.25, 0.3) is 5.91 Å². The highest BCUT2D eigenvalue weighted by Gasteiger charge is 2.12. The summed E-state index contributed by atoms with van der Waals surface area (Å²) in [6.07, 6.45) is 1.82. The van der Waals surface area contributed by atoms with Crippen LogP contribution in [-0.4, -0.2) is 31.1 Å². The number of aromatic amines is 1. The summed E-state index contributed by atoms with van der Waals surface area (Å²) < 4.78 is 0. The van der Waals surface area contributed by atoms with E-state index in [0.29, 0.717) is 17.1 Å². The summed E-state index contributed by atoms with van der Waals surface area (Å²) in [6.45, 7) is 0. The Hall–Kier alpha value is -3.48. The standard InChI is InChI=1S/C17H14N6O/c1-23-21-16(20-22-23)11-4-2-5-12(10-11)19-17(24)14-6-3-7-15-13(14)8-9-18-15/h2-10,18H,1H3,(H,19,24). The van der Waals surface area contributed by atoms with E-state index in [-0.39, 0.29) is 5.91 Å². The number of tetrazole rings is 1. The number of carbonyl (C=O) groups is 1. The highest BCUT2D eigenvalue weighted by molar-refractivity contribution is 6.12. The maximum absolute atomic E-state index is 12.6. The SMILES string of the molecule is Cn1nnc(-c2cccc(NC(=O)c3cccc4[nH]ccc34)c2)n1. The van der Waals surface area contributed by atoms with Crippen molar-refractivity contribution in [2.45, 2.75) is 0 Å². The number of H-pyrrole nitrogens is 1. The zero-order valence-electron chi connectivity index (χ0n) is 12.9. The average Bonchev–Trinajstić information content (AvgIpc) is 3.23. The molecule has 2 heterocycles. The Kier molecular flexibility index (Phi) is 3.31. The molecule has 1 amide bonds. The second kappa shape index (κ2) is 5.62. The molecule has 0 saturated heterocycles. The maximum atomic E-state index is 12.6. The fourth-order valence-electron chi connectivity index (χ4n) is 2.62. The van der Waals surface area contributed by atoms with Gasteiger partial charge < -0.3 is 10.3 Å². The van der Waals surface area contributed by atoms with Crippen molar-refractivity contribution < 1.29 is 4.79 Å². The van der Waals surface area contributed by atoms with Crippen LogP contribution in [0.25, 0.3) is 22.3 Å². The molecule has 0 radical (unpaired) electrons. The van der Waals surface area contributed by atoms with Gasteiger partial charge in [-0.25, -0.2) is 0 Å². The molecule has 4 rings (SSSR count). The zero-order chi connectivity index (χ0) is 16.5. The van der Waals surface area contributed by atoms with E-state index in [1.807, 2.05) is 48.7 Å². The number of hydrogen-bond donors (Lipinski definition) is 2. The van der Waals surface area contributed by atoms with Crippen LogP contribution in [0, 0.1) is 0 Å². The largest absolute Gasteiger partial charge is 0.361 e. The molecule has 118 valence electrons. The van der Waals surface area contributed by atoms with Crippen molar-refractivity contribution in [2.75, 3.05) is 5.32 Å². The number of amides is 1. The van der Waals surface area contributed by atoms with Crippen molar-refractivity contribution in [1.29, 1.82) is 0 Å². The second-order valence-corrected chi connectivity index (χ2v) is 5.38. The van der Waals surface area contributed by atoms with Crippen LogP contribution in [0.15, 0.2) is 54.7 Å². The van der Waals surface area contributed by atoms with E-state index in [1.165, 1.54) is 4.80 Å². The Morgan fingerprint density at radius 3 is 2.88 bits per heavy atom. The topological polar surface area (TPSA) is 88.5 Å². The predicted molar refractivity (Wildman–Crippen MR) is 90.5 cm³/mol. The third-order valence-electron chi connectivity index (χ3n) is 3.73. The molecule has 0 bridgehead atoms. The summed E-state index contributed by atoms with van der Waals surface area (Å²) in [7, 11) is 1.71. The van der Waals surface area contributed by atoms with Crippen LogP contribution in [0.3, 0.4) is 0 Å². The summed E-state index contributed by atoms with van der Waals surface area (Å²) in [6, 6.07) is 14.9.